The van der Waals surface area contributed by atoms with E-state index in [2.05, 4.69) is 4.90 Å². The van der Waals surface area contributed by atoms with Crippen molar-refractivity contribution in [3.63, 3.8) is 0 Å². The largest absolute Gasteiger partial charge is 0.468 e. The second-order valence-corrected chi connectivity index (χ2v) is 6.68. The van der Waals surface area contributed by atoms with E-state index < -0.39 is 17.2 Å². The molecule has 2 heterocycles. The molecule has 2 aliphatic heterocycles. The standard InChI is InChI=1S/C17H21F2NO3/c1-23-16(21)10-20-13-4-5-14(20)9-17(22,8-13)7-11-2-3-12(18)6-15(11)19/h2-3,6,13-14,22H,4-5,7-10H2,1H3/t13-,14-/m0/s1. The minimum absolute atomic E-state index is 0.0985. The SMILES string of the molecule is COC(=O)CN1[C@H]2CC[C@H]1CC(O)(Cc1ccc(F)cc1F)C2. The Bertz CT molecular complexity index is 594. The van der Waals surface area contributed by atoms with E-state index in [0.29, 0.717) is 18.4 Å². The molecule has 0 spiro atoms. The molecule has 126 valence electrons. The van der Waals surface area contributed by atoms with Crippen LogP contribution >= 0.6 is 0 Å². The van der Waals surface area contributed by atoms with Crippen LogP contribution in [0.4, 0.5) is 8.78 Å². The minimum Gasteiger partial charge on any atom is -0.468 e. The van der Waals surface area contributed by atoms with Gasteiger partial charge in [-0.05, 0) is 37.3 Å². The van der Waals surface area contributed by atoms with Gasteiger partial charge in [0.2, 0.25) is 0 Å². The average Bonchev–Trinajstić information content (AvgIpc) is 2.74. The van der Waals surface area contributed by atoms with Crippen molar-refractivity contribution in [3.05, 3.63) is 35.4 Å². The van der Waals surface area contributed by atoms with Gasteiger partial charge in [0.1, 0.15) is 11.6 Å². The molecule has 23 heavy (non-hydrogen) atoms. The lowest BCUT2D eigenvalue weighted by atomic mass is 9.81. The van der Waals surface area contributed by atoms with Crippen molar-refractivity contribution >= 4 is 5.97 Å². The third kappa shape index (κ3) is 3.38. The number of hydrogen-bond donors (Lipinski definition) is 1. The van der Waals surface area contributed by atoms with Crippen LogP contribution < -0.4 is 0 Å². The van der Waals surface area contributed by atoms with Crippen molar-refractivity contribution in [2.24, 2.45) is 0 Å². The van der Waals surface area contributed by atoms with Gasteiger partial charge in [0.25, 0.3) is 0 Å². The van der Waals surface area contributed by atoms with E-state index in [1.165, 1.54) is 19.2 Å². The third-order valence-corrected chi connectivity index (χ3v) is 5.08. The number of aliphatic hydroxyl groups is 1. The van der Waals surface area contributed by atoms with E-state index in [9.17, 15) is 18.7 Å². The Morgan fingerprint density at radius 1 is 1.35 bits per heavy atom. The van der Waals surface area contributed by atoms with E-state index in [4.69, 9.17) is 4.74 Å². The van der Waals surface area contributed by atoms with Gasteiger partial charge in [-0.2, -0.15) is 0 Å². The zero-order valence-corrected chi connectivity index (χ0v) is 13.1. The number of piperidine rings is 1. The molecule has 0 aliphatic carbocycles. The predicted molar refractivity (Wildman–Crippen MR) is 79.8 cm³/mol. The van der Waals surface area contributed by atoms with E-state index in [1.54, 1.807) is 0 Å². The molecule has 2 saturated heterocycles. The Balaban J connectivity index is 1.72. The number of benzene rings is 1. The summed E-state index contributed by atoms with van der Waals surface area (Å²) in [7, 11) is 1.36. The molecule has 0 radical (unpaired) electrons. The van der Waals surface area contributed by atoms with Crippen LogP contribution in [0, 0.1) is 11.6 Å². The number of hydrogen-bond acceptors (Lipinski definition) is 4. The number of methoxy groups -OCH3 is 1. The van der Waals surface area contributed by atoms with E-state index in [-0.39, 0.29) is 31.0 Å². The highest BCUT2D eigenvalue weighted by Crippen LogP contribution is 2.42. The van der Waals surface area contributed by atoms with Gasteiger partial charge in [-0.25, -0.2) is 8.78 Å². The topological polar surface area (TPSA) is 49.8 Å². The molecule has 3 rings (SSSR count). The van der Waals surface area contributed by atoms with Crippen LogP contribution in [-0.4, -0.2) is 47.3 Å². The van der Waals surface area contributed by atoms with Crippen LogP contribution in [0.15, 0.2) is 18.2 Å². The molecular formula is C17H21F2NO3. The molecule has 0 aromatic heterocycles. The summed E-state index contributed by atoms with van der Waals surface area (Å²) < 4.78 is 31.6. The highest BCUT2D eigenvalue weighted by molar-refractivity contribution is 5.71. The maximum atomic E-state index is 13.9. The molecule has 0 amide bonds. The van der Waals surface area contributed by atoms with Gasteiger partial charge >= 0.3 is 5.97 Å². The number of carbonyl (C=O) groups excluding carboxylic acids is 1. The number of halogens is 2. The summed E-state index contributed by atoms with van der Waals surface area (Å²) in [5.74, 6) is -1.52. The van der Waals surface area contributed by atoms with Crippen LogP contribution in [0.5, 0.6) is 0 Å². The van der Waals surface area contributed by atoms with E-state index >= 15 is 0 Å². The molecule has 2 atom stereocenters. The fourth-order valence-electron chi connectivity index (χ4n) is 4.05. The normalized spacial score (nSPS) is 30.4. The Labute approximate surface area is 134 Å². The molecule has 1 N–H and O–H groups in total. The quantitative estimate of drug-likeness (QED) is 0.861. The number of fused-ring (bicyclic) bond motifs is 2. The molecule has 1 aromatic carbocycles. The fraction of sp³-hybridized carbons (Fsp3) is 0.588. The van der Waals surface area contributed by atoms with Crippen molar-refractivity contribution < 1.29 is 23.4 Å². The van der Waals surface area contributed by atoms with Gasteiger partial charge in [-0.15, -0.1) is 0 Å². The zero-order chi connectivity index (χ0) is 16.6. The summed E-state index contributed by atoms with van der Waals surface area (Å²) in [4.78, 5) is 13.6. The summed E-state index contributed by atoms with van der Waals surface area (Å²) in [6, 6.07) is 3.65. The van der Waals surface area contributed by atoms with Gasteiger partial charge in [-0.3, -0.25) is 9.69 Å². The lowest BCUT2D eigenvalue weighted by Gasteiger charge is -2.43. The van der Waals surface area contributed by atoms with Crippen LogP contribution in [0.3, 0.4) is 0 Å². The molecule has 4 nitrogen and oxygen atoms in total. The first-order valence-corrected chi connectivity index (χ1v) is 7.89. The van der Waals surface area contributed by atoms with Gasteiger partial charge in [0, 0.05) is 24.6 Å². The molecule has 0 unspecified atom stereocenters. The van der Waals surface area contributed by atoms with Crippen LogP contribution in [0.1, 0.15) is 31.2 Å². The maximum absolute atomic E-state index is 13.9. The second kappa shape index (κ2) is 6.17. The maximum Gasteiger partial charge on any atom is 0.319 e. The van der Waals surface area contributed by atoms with Crippen LogP contribution in [0.2, 0.25) is 0 Å². The number of nitrogens with zero attached hydrogens (tertiary/aromatic N) is 1. The highest BCUT2D eigenvalue weighted by Gasteiger charge is 2.48. The van der Waals surface area contributed by atoms with Crippen molar-refractivity contribution in [1.29, 1.82) is 0 Å². The first kappa shape index (κ1) is 16.3. The fourth-order valence-corrected chi connectivity index (χ4v) is 4.05. The molecule has 1 aromatic rings. The number of rotatable bonds is 4. The smallest absolute Gasteiger partial charge is 0.319 e. The number of esters is 1. The molecule has 2 fully saturated rings. The van der Waals surface area contributed by atoms with Gasteiger partial charge in [0.15, 0.2) is 0 Å². The Hall–Kier alpha value is -1.53. The van der Waals surface area contributed by atoms with Crippen molar-refractivity contribution in [2.75, 3.05) is 13.7 Å². The summed E-state index contributed by atoms with van der Waals surface area (Å²) in [6.45, 7) is 0.229. The lowest BCUT2D eigenvalue weighted by molar-refractivity contribution is -0.145. The molecule has 2 aliphatic rings. The summed E-state index contributed by atoms with van der Waals surface area (Å²) >= 11 is 0. The summed E-state index contributed by atoms with van der Waals surface area (Å²) in [6.07, 6.45) is 2.96. The predicted octanol–water partition coefficient (Wildman–Crippen LogP) is 2.04. The molecule has 2 bridgehead atoms. The van der Waals surface area contributed by atoms with E-state index in [0.717, 1.165) is 18.9 Å². The molecule has 0 saturated carbocycles. The van der Waals surface area contributed by atoms with Gasteiger partial charge in [0.05, 0.1) is 19.3 Å². The monoisotopic (exact) mass is 325 g/mol. The Morgan fingerprint density at radius 3 is 2.57 bits per heavy atom. The first-order chi connectivity index (χ1) is 10.9. The van der Waals surface area contributed by atoms with Crippen molar-refractivity contribution in [1.82, 2.24) is 4.90 Å². The summed E-state index contributed by atoms with van der Waals surface area (Å²) in [5.41, 5.74) is -0.688. The minimum atomic E-state index is -1.02. The van der Waals surface area contributed by atoms with Gasteiger partial charge < -0.3 is 9.84 Å². The van der Waals surface area contributed by atoms with Crippen LogP contribution in [0.25, 0.3) is 0 Å². The Morgan fingerprint density at radius 2 is 2.00 bits per heavy atom. The summed E-state index contributed by atoms with van der Waals surface area (Å²) in [5, 5.41) is 10.9. The first-order valence-electron chi connectivity index (χ1n) is 7.89. The van der Waals surface area contributed by atoms with E-state index in [1.807, 2.05) is 0 Å². The van der Waals surface area contributed by atoms with Gasteiger partial charge in [-0.1, -0.05) is 6.07 Å². The molecular weight excluding hydrogens is 304 g/mol. The lowest BCUT2D eigenvalue weighted by Crippen LogP contribution is -2.53. The van der Waals surface area contributed by atoms with Crippen molar-refractivity contribution in [3.8, 4) is 0 Å². The molecule has 6 heteroatoms. The second-order valence-electron chi connectivity index (χ2n) is 6.68. The highest BCUT2D eigenvalue weighted by atomic mass is 19.1. The zero-order valence-electron chi connectivity index (χ0n) is 13.1. The number of carbonyl (C=O) groups is 1. The van der Waals surface area contributed by atoms with Crippen molar-refractivity contribution in [2.45, 2.75) is 49.8 Å². The number of ether oxygens (including phenoxy) is 1. The third-order valence-electron chi connectivity index (χ3n) is 5.08. The average molecular weight is 325 g/mol. The van der Waals surface area contributed by atoms with Crippen LogP contribution in [-0.2, 0) is 16.0 Å². The Kier molecular flexibility index (Phi) is 4.38.